The Kier molecular flexibility index (Phi) is 5.49. The molecular weight excluding hydrogens is 226 g/mol. The number of anilines is 2. The van der Waals surface area contributed by atoms with Gasteiger partial charge in [-0.25, -0.2) is 0 Å². The van der Waals surface area contributed by atoms with E-state index < -0.39 is 0 Å². The molecule has 18 heavy (non-hydrogen) atoms. The number of nitrogens with zero attached hydrogens (tertiary/aromatic N) is 1. The zero-order valence-electron chi connectivity index (χ0n) is 11.7. The van der Waals surface area contributed by atoms with Crippen LogP contribution in [0.3, 0.4) is 0 Å². The minimum atomic E-state index is 0.452. The number of pyridine rings is 1. The van der Waals surface area contributed by atoms with Gasteiger partial charge in [0.05, 0.1) is 12.3 Å². The maximum atomic E-state index is 5.83. The number of hydrogen-bond acceptors (Lipinski definition) is 4. The van der Waals surface area contributed by atoms with Crippen LogP contribution in [0.5, 0.6) is 5.88 Å². The van der Waals surface area contributed by atoms with E-state index in [-0.39, 0.29) is 0 Å². The SMILES string of the molecule is CC(C)=CCNc1ccc(N)c(OCC(C)C)n1. The molecule has 100 valence electrons. The normalized spacial score (nSPS) is 10.3. The maximum absolute atomic E-state index is 5.83. The van der Waals surface area contributed by atoms with E-state index in [2.05, 4.69) is 44.1 Å². The van der Waals surface area contributed by atoms with Gasteiger partial charge >= 0.3 is 0 Å². The number of rotatable bonds is 6. The largest absolute Gasteiger partial charge is 0.476 e. The molecule has 1 aromatic rings. The highest BCUT2D eigenvalue weighted by Gasteiger charge is 2.05. The van der Waals surface area contributed by atoms with Gasteiger partial charge in [0.25, 0.3) is 0 Å². The molecule has 0 saturated carbocycles. The minimum Gasteiger partial charge on any atom is -0.476 e. The van der Waals surface area contributed by atoms with Crippen LogP contribution in [0.25, 0.3) is 0 Å². The first-order valence-electron chi connectivity index (χ1n) is 6.25. The third kappa shape index (κ3) is 5.08. The molecule has 0 atom stereocenters. The smallest absolute Gasteiger partial charge is 0.239 e. The summed E-state index contributed by atoms with van der Waals surface area (Å²) < 4.78 is 5.57. The van der Waals surface area contributed by atoms with Crippen LogP contribution < -0.4 is 15.8 Å². The van der Waals surface area contributed by atoms with Gasteiger partial charge in [-0.15, -0.1) is 0 Å². The van der Waals surface area contributed by atoms with Crippen LogP contribution in [0.15, 0.2) is 23.8 Å². The van der Waals surface area contributed by atoms with Gasteiger partial charge in [0.2, 0.25) is 5.88 Å². The second-order valence-corrected chi connectivity index (χ2v) is 4.96. The predicted molar refractivity (Wildman–Crippen MR) is 76.9 cm³/mol. The van der Waals surface area contributed by atoms with Crippen molar-refractivity contribution in [3.63, 3.8) is 0 Å². The van der Waals surface area contributed by atoms with Crippen molar-refractivity contribution in [1.29, 1.82) is 0 Å². The fourth-order valence-corrected chi connectivity index (χ4v) is 1.27. The predicted octanol–water partition coefficient (Wildman–Crippen LogP) is 3.08. The first-order valence-corrected chi connectivity index (χ1v) is 6.25. The Morgan fingerprint density at radius 2 is 2.17 bits per heavy atom. The third-order valence-corrected chi connectivity index (χ3v) is 2.24. The van der Waals surface area contributed by atoms with Crippen LogP contribution in [0, 0.1) is 5.92 Å². The van der Waals surface area contributed by atoms with Crippen molar-refractivity contribution in [2.75, 3.05) is 24.2 Å². The highest BCUT2D eigenvalue weighted by Crippen LogP contribution is 2.21. The van der Waals surface area contributed by atoms with Crippen LogP contribution >= 0.6 is 0 Å². The van der Waals surface area contributed by atoms with E-state index in [4.69, 9.17) is 10.5 Å². The molecule has 4 heteroatoms. The quantitative estimate of drug-likeness (QED) is 0.761. The van der Waals surface area contributed by atoms with Crippen molar-refractivity contribution in [3.8, 4) is 5.88 Å². The lowest BCUT2D eigenvalue weighted by atomic mass is 10.2. The summed E-state index contributed by atoms with van der Waals surface area (Å²) in [4.78, 5) is 4.35. The number of nitrogens with one attached hydrogen (secondary N) is 1. The molecule has 1 rings (SSSR count). The van der Waals surface area contributed by atoms with Gasteiger partial charge < -0.3 is 15.8 Å². The first-order chi connectivity index (χ1) is 8.49. The fraction of sp³-hybridized carbons (Fsp3) is 0.500. The Labute approximate surface area is 109 Å². The van der Waals surface area contributed by atoms with Gasteiger partial charge in [-0.1, -0.05) is 25.5 Å². The van der Waals surface area contributed by atoms with Gasteiger partial charge in [0.15, 0.2) is 0 Å². The Morgan fingerprint density at radius 3 is 2.78 bits per heavy atom. The third-order valence-electron chi connectivity index (χ3n) is 2.24. The summed E-state index contributed by atoms with van der Waals surface area (Å²) in [7, 11) is 0. The molecule has 4 nitrogen and oxygen atoms in total. The highest BCUT2D eigenvalue weighted by molar-refractivity contribution is 5.53. The fourth-order valence-electron chi connectivity index (χ4n) is 1.27. The summed E-state index contributed by atoms with van der Waals surface area (Å²) >= 11 is 0. The second-order valence-electron chi connectivity index (χ2n) is 4.96. The van der Waals surface area contributed by atoms with E-state index in [1.165, 1.54) is 5.57 Å². The second kappa shape index (κ2) is 6.89. The molecule has 0 aliphatic rings. The summed E-state index contributed by atoms with van der Waals surface area (Å²) in [5.74, 6) is 1.74. The van der Waals surface area contributed by atoms with Crippen LogP contribution in [0.1, 0.15) is 27.7 Å². The summed E-state index contributed by atoms with van der Waals surface area (Å²) in [6.07, 6.45) is 2.10. The minimum absolute atomic E-state index is 0.452. The molecule has 0 aliphatic carbocycles. The number of ether oxygens (including phenoxy) is 1. The number of allylic oxidation sites excluding steroid dienone is 1. The molecule has 3 N–H and O–H groups in total. The van der Waals surface area contributed by atoms with Gasteiger partial charge in [0, 0.05) is 6.54 Å². The van der Waals surface area contributed by atoms with Gasteiger partial charge in [0.1, 0.15) is 5.82 Å². The molecule has 1 heterocycles. The Morgan fingerprint density at radius 1 is 1.44 bits per heavy atom. The average Bonchev–Trinajstić information content (AvgIpc) is 2.29. The lowest BCUT2D eigenvalue weighted by Crippen LogP contribution is -2.09. The van der Waals surface area contributed by atoms with Gasteiger partial charge in [-0.3, -0.25) is 0 Å². The molecular formula is C14H23N3O. The van der Waals surface area contributed by atoms with E-state index >= 15 is 0 Å². The lowest BCUT2D eigenvalue weighted by molar-refractivity contribution is 0.263. The highest BCUT2D eigenvalue weighted by atomic mass is 16.5. The summed E-state index contributed by atoms with van der Waals surface area (Å²) in [5.41, 5.74) is 7.67. The van der Waals surface area contributed by atoms with Crippen molar-refractivity contribution in [3.05, 3.63) is 23.8 Å². The van der Waals surface area contributed by atoms with E-state index in [9.17, 15) is 0 Å². The Hall–Kier alpha value is -1.71. The molecule has 0 unspecified atom stereocenters. The molecule has 0 amide bonds. The van der Waals surface area contributed by atoms with Crippen molar-refractivity contribution >= 4 is 11.5 Å². The van der Waals surface area contributed by atoms with E-state index in [0.29, 0.717) is 24.1 Å². The monoisotopic (exact) mass is 249 g/mol. The number of hydrogen-bond donors (Lipinski definition) is 2. The van der Waals surface area contributed by atoms with Gasteiger partial charge in [-0.2, -0.15) is 4.98 Å². The van der Waals surface area contributed by atoms with Crippen LogP contribution in [-0.4, -0.2) is 18.1 Å². The van der Waals surface area contributed by atoms with Crippen molar-refractivity contribution in [2.45, 2.75) is 27.7 Å². The van der Waals surface area contributed by atoms with Crippen molar-refractivity contribution in [2.24, 2.45) is 5.92 Å². The molecule has 0 aliphatic heterocycles. The van der Waals surface area contributed by atoms with Gasteiger partial charge in [-0.05, 0) is 31.9 Å². The molecule has 0 radical (unpaired) electrons. The van der Waals surface area contributed by atoms with Crippen LogP contribution in [-0.2, 0) is 0 Å². The molecule has 0 spiro atoms. The number of nitrogens with two attached hydrogens (primary N) is 1. The van der Waals surface area contributed by atoms with E-state index in [1.807, 2.05) is 12.1 Å². The maximum Gasteiger partial charge on any atom is 0.239 e. The molecule has 0 saturated heterocycles. The standard InChI is InChI=1S/C14H23N3O/c1-10(2)7-8-16-13-6-5-12(15)14(17-13)18-9-11(3)4/h5-7,11H,8-9,15H2,1-4H3,(H,16,17). The first kappa shape index (κ1) is 14.4. The summed E-state index contributed by atoms with van der Waals surface area (Å²) in [6.45, 7) is 9.68. The summed E-state index contributed by atoms with van der Waals surface area (Å²) in [6, 6.07) is 3.67. The number of aromatic nitrogens is 1. The van der Waals surface area contributed by atoms with Crippen LogP contribution in [0.4, 0.5) is 11.5 Å². The molecule has 1 aromatic heterocycles. The molecule has 0 aromatic carbocycles. The summed E-state index contributed by atoms with van der Waals surface area (Å²) in [5, 5.41) is 3.21. The topological polar surface area (TPSA) is 60.2 Å². The van der Waals surface area contributed by atoms with Crippen LogP contribution in [0.2, 0.25) is 0 Å². The lowest BCUT2D eigenvalue weighted by Gasteiger charge is -2.11. The zero-order chi connectivity index (χ0) is 13.5. The Balaban J connectivity index is 2.65. The van der Waals surface area contributed by atoms with Crippen molar-refractivity contribution < 1.29 is 4.74 Å². The van der Waals surface area contributed by atoms with E-state index in [0.717, 1.165) is 12.4 Å². The zero-order valence-corrected chi connectivity index (χ0v) is 11.7. The number of nitrogen functional groups attached to an aromatic ring is 1. The molecule has 0 bridgehead atoms. The average molecular weight is 249 g/mol. The molecule has 0 fully saturated rings. The Bertz CT molecular complexity index is 410. The van der Waals surface area contributed by atoms with Crippen molar-refractivity contribution in [1.82, 2.24) is 4.98 Å². The van der Waals surface area contributed by atoms with E-state index in [1.54, 1.807) is 0 Å².